The zero-order valence-corrected chi connectivity index (χ0v) is 28.9. The first kappa shape index (κ1) is 42.1. The number of unbranched alkanes of at least 4 members (excludes halogenated alkanes) is 19. The van der Waals surface area contributed by atoms with Gasteiger partial charge in [0.15, 0.2) is 6.10 Å². The SMILES string of the molecule is CCCCCCCCC=CCC=CCC=CCCCC(=O)OC(CO)COC(=O)CCCCCCCCCCCCCCC. The second-order valence-electron chi connectivity index (χ2n) is 12.3. The number of hydrogen-bond acceptors (Lipinski definition) is 5. The molecule has 1 N–H and O–H groups in total. The minimum absolute atomic E-state index is 0.0833. The molecule has 0 heterocycles. The Bertz CT molecular complexity index is 711. The molecule has 0 fully saturated rings. The van der Waals surface area contributed by atoms with E-state index in [-0.39, 0.29) is 31.6 Å². The summed E-state index contributed by atoms with van der Waals surface area (Å²) in [6, 6.07) is 0. The minimum Gasteiger partial charge on any atom is -0.462 e. The lowest BCUT2D eigenvalue weighted by molar-refractivity contribution is -0.161. The summed E-state index contributed by atoms with van der Waals surface area (Å²) in [5, 5.41) is 9.52. The van der Waals surface area contributed by atoms with Crippen molar-refractivity contribution >= 4 is 11.9 Å². The van der Waals surface area contributed by atoms with E-state index in [0.717, 1.165) is 38.5 Å². The topological polar surface area (TPSA) is 72.8 Å². The second-order valence-corrected chi connectivity index (χ2v) is 12.3. The lowest BCUT2D eigenvalue weighted by Crippen LogP contribution is -2.28. The molecule has 5 heteroatoms. The van der Waals surface area contributed by atoms with Crippen molar-refractivity contribution in [2.75, 3.05) is 13.2 Å². The van der Waals surface area contributed by atoms with Crippen molar-refractivity contribution < 1.29 is 24.2 Å². The number of esters is 2. The van der Waals surface area contributed by atoms with Crippen LogP contribution in [0.4, 0.5) is 0 Å². The Morgan fingerprint density at radius 1 is 0.523 bits per heavy atom. The first-order chi connectivity index (χ1) is 21.6. The van der Waals surface area contributed by atoms with E-state index in [1.165, 1.54) is 109 Å². The maximum Gasteiger partial charge on any atom is 0.306 e. The summed E-state index contributed by atoms with van der Waals surface area (Å²) >= 11 is 0. The van der Waals surface area contributed by atoms with Crippen molar-refractivity contribution in [2.45, 2.75) is 187 Å². The van der Waals surface area contributed by atoms with Crippen molar-refractivity contribution in [1.82, 2.24) is 0 Å². The van der Waals surface area contributed by atoms with Gasteiger partial charge in [-0.3, -0.25) is 9.59 Å². The Kier molecular flexibility index (Phi) is 34.1. The molecule has 0 spiro atoms. The summed E-state index contributed by atoms with van der Waals surface area (Å²) < 4.78 is 10.5. The van der Waals surface area contributed by atoms with Crippen LogP contribution in [-0.4, -0.2) is 36.4 Å². The molecule has 0 aliphatic carbocycles. The fourth-order valence-corrected chi connectivity index (χ4v) is 5.10. The van der Waals surface area contributed by atoms with Crippen molar-refractivity contribution in [1.29, 1.82) is 0 Å². The van der Waals surface area contributed by atoms with E-state index >= 15 is 0 Å². The number of allylic oxidation sites excluding steroid dienone is 6. The number of rotatable bonds is 33. The molecule has 0 aliphatic rings. The third kappa shape index (κ3) is 33.0. The predicted octanol–water partition coefficient (Wildman–Crippen LogP) is 11.3. The van der Waals surface area contributed by atoms with Gasteiger partial charge >= 0.3 is 11.9 Å². The van der Waals surface area contributed by atoms with Crippen molar-refractivity contribution in [3.05, 3.63) is 36.5 Å². The maximum atomic E-state index is 12.1. The van der Waals surface area contributed by atoms with Crippen LogP contribution in [0.5, 0.6) is 0 Å². The molecule has 0 saturated heterocycles. The highest BCUT2D eigenvalue weighted by Crippen LogP contribution is 2.13. The molecule has 0 aromatic carbocycles. The molecular weight excluding hydrogens is 548 g/mol. The largest absolute Gasteiger partial charge is 0.462 e. The van der Waals surface area contributed by atoms with Gasteiger partial charge in [-0.2, -0.15) is 0 Å². The van der Waals surface area contributed by atoms with Gasteiger partial charge in [-0.05, 0) is 44.9 Å². The van der Waals surface area contributed by atoms with Gasteiger partial charge in [-0.15, -0.1) is 0 Å². The normalized spacial score (nSPS) is 12.5. The zero-order chi connectivity index (χ0) is 32.2. The molecular formula is C39H70O5. The lowest BCUT2D eigenvalue weighted by atomic mass is 10.0. The molecule has 0 aromatic heterocycles. The Labute approximate surface area is 272 Å². The molecule has 1 unspecified atom stereocenters. The van der Waals surface area contributed by atoms with Crippen LogP contribution < -0.4 is 0 Å². The molecule has 1 atom stereocenters. The molecule has 0 amide bonds. The van der Waals surface area contributed by atoms with Crippen LogP contribution in [0, 0.1) is 0 Å². The standard InChI is InChI=1S/C39H70O5/c1-3-5-7-9-11-13-15-17-18-19-20-22-24-26-28-30-32-34-39(42)44-37(35-40)36-43-38(41)33-31-29-27-25-23-21-16-14-12-10-8-6-4-2/h17-18,20,22,26,28,37,40H,3-16,19,21,23-25,27,29-36H2,1-2H3. The summed E-state index contributed by atoms with van der Waals surface area (Å²) in [7, 11) is 0. The quantitative estimate of drug-likeness (QED) is 0.0450. The van der Waals surface area contributed by atoms with E-state index in [4.69, 9.17) is 9.47 Å². The van der Waals surface area contributed by atoms with Gasteiger partial charge in [-0.25, -0.2) is 0 Å². The average Bonchev–Trinajstić information content (AvgIpc) is 3.02. The lowest BCUT2D eigenvalue weighted by Gasteiger charge is -2.15. The summed E-state index contributed by atoms with van der Waals surface area (Å²) in [6.07, 6.45) is 42.0. The Morgan fingerprint density at radius 3 is 1.43 bits per heavy atom. The highest BCUT2D eigenvalue weighted by atomic mass is 16.6. The first-order valence-corrected chi connectivity index (χ1v) is 18.5. The average molecular weight is 619 g/mol. The Balaban J connectivity index is 3.65. The first-order valence-electron chi connectivity index (χ1n) is 18.5. The van der Waals surface area contributed by atoms with Crippen LogP contribution in [-0.2, 0) is 19.1 Å². The van der Waals surface area contributed by atoms with Crippen LogP contribution >= 0.6 is 0 Å². The zero-order valence-electron chi connectivity index (χ0n) is 28.9. The molecule has 256 valence electrons. The van der Waals surface area contributed by atoms with Gasteiger partial charge in [0.1, 0.15) is 6.61 Å². The molecule has 5 nitrogen and oxygen atoms in total. The number of ether oxygens (including phenoxy) is 2. The van der Waals surface area contributed by atoms with Gasteiger partial charge in [-0.1, -0.05) is 159 Å². The van der Waals surface area contributed by atoms with Gasteiger partial charge in [0.25, 0.3) is 0 Å². The number of aliphatic hydroxyl groups is 1. The third-order valence-corrected chi connectivity index (χ3v) is 7.94. The van der Waals surface area contributed by atoms with Gasteiger partial charge in [0, 0.05) is 12.8 Å². The van der Waals surface area contributed by atoms with Gasteiger partial charge < -0.3 is 14.6 Å². The van der Waals surface area contributed by atoms with E-state index in [9.17, 15) is 14.7 Å². The highest BCUT2D eigenvalue weighted by molar-refractivity contribution is 5.70. The molecule has 0 aliphatic heterocycles. The summed E-state index contributed by atoms with van der Waals surface area (Å²) in [5.74, 6) is -0.649. The van der Waals surface area contributed by atoms with Crippen molar-refractivity contribution in [3.63, 3.8) is 0 Å². The number of carbonyl (C=O) groups excluding carboxylic acids is 2. The maximum absolute atomic E-state index is 12.1. The van der Waals surface area contributed by atoms with Crippen LogP contribution in [0.2, 0.25) is 0 Å². The van der Waals surface area contributed by atoms with E-state index in [2.05, 4.69) is 50.3 Å². The molecule has 0 aromatic rings. The monoisotopic (exact) mass is 619 g/mol. The predicted molar refractivity (Wildman–Crippen MR) is 187 cm³/mol. The second kappa shape index (κ2) is 35.6. The van der Waals surface area contributed by atoms with E-state index < -0.39 is 6.10 Å². The summed E-state index contributed by atoms with van der Waals surface area (Å²) in [5.41, 5.74) is 0. The Hall–Kier alpha value is -1.88. The fraction of sp³-hybridized carbons (Fsp3) is 0.795. The molecule has 0 saturated carbocycles. The molecule has 0 rings (SSSR count). The highest BCUT2D eigenvalue weighted by Gasteiger charge is 2.15. The van der Waals surface area contributed by atoms with Crippen LogP contribution in [0.1, 0.15) is 181 Å². The summed E-state index contributed by atoms with van der Waals surface area (Å²) in [6.45, 7) is 4.08. The van der Waals surface area contributed by atoms with Gasteiger partial charge in [0.05, 0.1) is 6.61 Å². The van der Waals surface area contributed by atoms with Crippen LogP contribution in [0.15, 0.2) is 36.5 Å². The van der Waals surface area contributed by atoms with E-state index in [0.29, 0.717) is 12.8 Å². The van der Waals surface area contributed by atoms with Crippen LogP contribution in [0.25, 0.3) is 0 Å². The van der Waals surface area contributed by atoms with E-state index in [1.54, 1.807) is 0 Å². The number of carbonyl (C=O) groups is 2. The third-order valence-electron chi connectivity index (χ3n) is 7.94. The molecule has 0 bridgehead atoms. The minimum atomic E-state index is -0.793. The van der Waals surface area contributed by atoms with Gasteiger partial charge in [0.2, 0.25) is 0 Å². The summed E-state index contributed by atoms with van der Waals surface area (Å²) in [4.78, 5) is 24.1. The molecule has 44 heavy (non-hydrogen) atoms. The number of aliphatic hydroxyl groups excluding tert-OH is 1. The Morgan fingerprint density at radius 2 is 0.932 bits per heavy atom. The van der Waals surface area contributed by atoms with Crippen molar-refractivity contribution in [2.24, 2.45) is 0 Å². The fourth-order valence-electron chi connectivity index (χ4n) is 5.10. The number of hydrogen-bond donors (Lipinski definition) is 1. The van der Waals surface area contributed by atoms with E-state index in [1.807, 2.05) is 0 Å². The van der Waals surface area contributed by atoms with Crippen LogP contribution in [0.3, 0.4) is 0 Å². The smallest absolute Gasteiger partial charge is 0.306 e. The molecule has 0 radical (unpaired) electrons. The van der Waals surface area contributed by atoms with Crippen molar-refractivity contribution in [3.8, 4) is 0 Å².